The van der Waals surface area contributed by atoms with E-state index in [0.29, 0.717) is 11.4 Å². The quantitative estimate of drug-likeness (QED) is 0.785. The number of nitrogens with one attached hydrogen (secondary N) is 1. The third kappa shape index (κ3) is 2.42. The number of halogens is 1. The largest absolute Gasteiger partial charge is 0.334 e. The lowest BCUT2D eigenvalue weighted by Crippen LogP contribution is -2.12. The van der Waals surface area contributed by atoms with Gasteiger partial charge in [0.15, 0.2) is 0 Å². The Labute approximate surface area is 123 Å². The highest BCUT2D eigenvalue weighted by atomic mass is 79.9. The van der Waals surface area contributed by atoms with Crippen molar-refractivity contribution in [1.82, 2.24) is 14.5 Å². The summed E-state index contributed by atoms with van der Waals surface area (Å²) in [5.41, 5.74) is 2.34. The van der Waals surface area contributed by atoms with E-state index in [4.69, 9.17) is 0 Å². The van der Waals surface area contributed by atoms with E-state index < -0.39 is 0 Å². The van der Waals surface area contributed by atoms with Crippen molar-refractivity contribution in [3.63, 3.8) is 0 Å². The van der Waals surface area contributed by atoms with Crippen LogP contribution in [0.15, 0.2) is 47.3 Å². The molecule has 3 aromatic rings. The molecule has 3 rings (SSSR count). The molecule has 0 bridgehead atoms. The molecule has 2 aromatic heterocycles. The van der Waals surface area contributed by atoms with E-state index in [1.807, 2.05) is 17.7 Å². The molecule has 1 N–H and O–H groups in total. The van der Waals surface area contributed by atoms with Crippen LogP contribution in [-0.4, -0.2) is 20.4 Å². The summed E-state index contributed by atoms with van der Waals surface area (Å²) in [4.78, 5) is 20.5. The number of carbonyl (C=O) groups excluding carboxylic acids is 1. The van der Waals surface area contributed by atoms with E-state index in [-0.39, 0.29) is 5.91 Å². The second kappa shape index (κ2) is 5.05. The fourth-order valence-corrected chi connectivity index (χ4v) is 2.27. The van der Waals surface area contributed by atoms with Gasteiger partial charge in [-0.15, -0.1) is 0 Å². The van der Waals surface area contributed by atoms with Gasteiger partial charge in [0.25, 0.3) is 5.91 Å². The number of aromatic nitrogens is 3. The maximum absolute atomic E-state index is 12.2. The molecule has 0 saturated carbocycles. The third-order valence-corrected chi connectivity index (χ3v) is 3.44. The molecule has 0 unspecified atom stereocenters. The third-order valence-electron chi connectivity index (χ3n) is 2.95. The highest BCUT2D eigenvalue weighted by Gasteiger charge is 2.09. The molecule has 1 amide bonds. The zero-order valence-electron chi connectivity index (χ0n) is 10.7. The molecule has 20 heavy (non-hydrogen) atoms. The summed E-state index contributed by atoms with van der Waals surface area (Å²) in [6, 6.07) is 8.97. The van der Waals surface area contributed by atoms with Crippen molar-refractivity contribution in [2.75, 3.05) is 5.32 Å². The number of hydrogen-bond acceptors (Lipinski definition) is 3. The number of benzene rings is 1. The van der Waals surface area contributed by atoms with Crippen LogP contribution in [0.25, 0.3) is 11.0 Å². The first-order valence-electron chi connectivity index (χ1n) is 5.97. The van der Waals surface area contributed by atoms with Gasteiger partial charge in [0.1, 0.15) is 5.82 Å². The molecule has 0 fully saturated rings. The number of rotatable bonds is 2. The van der Waals surface area contributed by atoms with Gasteiger partial charge in [-0.05, 0) is 30.3 Å². The minimum Gasteiger partial charge on any atom is -0.334 e. The first kappa shape index (κ1) is 12.8. The van der Waals surface area contributed by atoms with Gasteiger partial charge in [-0.1, -0.05) is 15.9 Å². The van der Waals surface area contributed by atoms with Gasteiger partial charge >= 0.3 is 0 Å². The van der Waals surface area contributed by atoms with Gasteiger partial charge in [-0.25, -0.2) is 9.97 Å². The number of aryl methyl sites for hydroxylation is 1. The average Bonchev–Trinajstić information content (AvgIpc) is 2.80. The van der Waals surface area contributed by atoms with Crippen LogP contribution in [0, 0.1) is 0 Å². The Balaban J connectivity index is 1.88. The minimum absolute atomic E-state index is 0.205. The molecule has 0 saturated heterocycles. The average molecular weight is 331 g/mol. The van der Waals surface area contributed by atoms with Crippen molar-refractivity contribution in [1.29, 1.82) is 0 Å². The Hall–Kier alpha value is -2.21. The monoisotopic (exact) mass is 330 g/mol. The summed E-state index contributed by atoms with van der Waals surface area (Å²) < 4.78 is 2.77. The fraction of sp³-hybridized carbons (Fsp3) is 0.0714. The van der Waals surface area contributed by atoms with Gasteiger partial charge in [-0.2, -0.15) is 0 Å². The highest BCUT2D eigenvalue weighted by Crippen LogP contribution is 2.16. The lowest BCUT2D eigenvalue weighted by molar-refractivity contribution is 0.102. The Morgan fingerprint density at radius 2 is 2.10 bits per heavy atom. The van der Waals surface area contributed by atoms with Gasteiger partial charge in [0.2, 0.25) is 0 Å². The van der Waals surface area contributed by atoms with Crippen LogP contribution in [0.3, 0.4) is 0 Å². The molecule has 100 valence electrons. The normalized spacial score (nSPS) is 10.7. The summed E-state index contributed by atoms with van der Waals surface area (Å²) in [6.45, 7) is 0. The molecule has 0 aliphatic rings. The van der Waals surface area contributed by atoms with Crippen LogP contribution in [0.4, 0.5) is 5.82 Å². The van der Waals surface area contributed by atoms with Crippen LogP contribution in [0.1, 0.15) is 10.4 Å². The fourth-order valence-electron chi connectivity index (χ4n) is 1.94. The summed E-state index contributed by atoms with van der Waals surface area (Å²) in [7, 11) is 1.92. The van der Waals surface area contributed by atoms with Crippen LogP contribution in [0.5, 0.6) is 0 Å². The lowest BCUT2D eigenvalue weighted by Gasteiger charge is -2.05. The lowest BCUT2D eigenvalue weighted by atomic mass is 10.2. The number of carbonyl (C=O) groups is 1. The Morgan fingerprint density at radius 1 is 1.25 bits per heavy atom. The molecule has 6 heteroatoms. The van der Waals surface area contributed by atoms with Gasteiger partial charge in [-0.3, -0.25) is 4.79 Å². The first-order valence-corrected chi connectivity index (χ1v) is 6.77. The number of hydrogen-bond donors (Lipinski definition) is 1. The van der Waals surface area contributed by atoms with E-state index in [2.05, 4.69) is 31.2 Å². The molecular formula is C14H11BrN4O. The molecular weight excluding hydrogens is 320 g/mol. The summed E-state index contributed by atoms with van der Waals surface area (Å²) in [5, 5.41) is 2.76. The zero-order chi connectivity index (χ0) is 14.1. The van der Waals surface area contributed by atoms with Crippen LogP contribution < -0.4 is 5.32 Å². The molecule has 2 heterocycles. The van der Waals surface area contributed by atoms with Crippen LogP contribution in [0.2, 0.25) is 0 Å². The smallest absolute Gasteiger partial charge is 0.256 e. The predicted octanol–water partition coefficient (Wildman–Crippen LogP) is 2.98. The van der Waals surface area contributed by atoms with Crippen molar-refractivity contribution >= 4 is 38.7 Å². The van der Waals surface area contributed by atoms with Crippen molar-refractivity contribution < 1.29 is 4.79 Å². The number of fused-ring (bicyclic) bond motifs is 1. The minimum atomic E-state index is -0.205. The van der Waals surface area contributed by atoms with E-state index in [0.717, 1.165) is 15.5 Å². The van der Waals surface area contributed by atoms with Crippen molar-refractivity contribution in [2.24, 2.45) is 7.05 Å². The van der Waals surface area contributed by atoms with Gasteiger partial charge in [0, 0.05) is 23.3 Å². The van der Waals surface area contributed by atoms with E-state index in [1.165, 1.54) is 0 Å². The summed E-state index contributed by atoms with van der Waals surface area (Å²) in [5.74, 6) is 0.300. The molecule has 0 aliphatic heterocycles. The number of pyridine rings is 1. The number of amides is 1. The van der Waals surface area contributed by atoms with E-state index in [9.17, 15) is 4.79 Å². The van der Waals surface area contributed by atoms with Crippen molar-refractivity contribution in [3.05, 3.63) is 52.9 Å². The summed E-state index contributed by atoms with van der Waals surface area (Å²) in [6.07, 6.45) is 3.35. The molecule has 0 spiro atoms. The Kier molecular flexibility index (Phi) is 3.23. The molecule has 1 aromatic carbocycles. The maximum Gasteiger partial charge on any atom is 0.256 e. The number of anilines is 1. The van der Waals surface area contributed by atoms with Gasteiger partial charge < -0.3 is 9.88 Å². The predicted molar refractivity (Wildman–Crippen MR) is 80.6 cm³/mol. The maximum atomic E-state index is 12.2. The molecule has 0 radical (unpaired) electrons. The number of nitrogens with zero attached hydrogens (tertiary/aromatic N) is 3. The van der Waals surface area contributed by atoms with Crippen molar-refractivity contribution in [2.45, 2.75) is 0 Å². The topological polar surface area (TPSA) is 59.8 Å². The molecule has 5 nitrogen and oxygen atoms in total. The Morgan fingerprint density at radius 3 is 2.90 bits per heavy atom. The molecule has 0 aliphatic carbocycles. The molecule has 0 atom stereocenters. The summed E-state index contributed by atoms with van der Waals surface area (Å²) >= 11 is 3.34. The second-order valence-electron chi connectivity index (χ2n) is 4.37. The van der Waals surface area contributed by atoms with E-state index >= 15 is 0 Å². The van der Waals surface area contributed by atoms with Crippen LogP contribution >= 0.6 is 15.9 Å². The first-order chi connectivity index (χ1) is 9.63. The van der Waals surface area contributed by atoms with Crippen LogP contribution in [-0.2, 0) is 7.05 Å². The van der Waals surface area contributed by atoms with E-state index in [1.54, 1.807) is 36.8 Å². The standard InChI is InChI=1S/C14H11BrN4O/c1-19-8-17-11-6-9(2-3-12(11)19)14(20)18-13-7-10(15)4-5-16-13/h2-8H,1H3,(H,16,18,20). The Bertz CT molecular complexity index is 797. The zero-order valence-corrected chi connectivity index (χ0v) is 12.3. The number of imidazole rings is 1. The van der Waals surface area contributed by atoms with Gasteiger partial charge in [0.05, 0.1) is 17.4 Å². The van der Waals surface area contributed by atoms with Crippen molar-refractivity contribution in [3.8, 4) is 0 Å². The second-order valence-corrected chi connectivity index (χ2v) is 5.29. The SMILES string of the molecule is Cn1cnc2cc(C(=O)Nc3cc(Br)ccn3)ccc21. The highest BCUT2D eigenvalue weighted by molar-refractivity contribution is 9.10.